The maximum atomic E-state index is 12.2. The standard InChI is InChI=1S/C23H29N5O7/c1-23(2,3)35-22(32)28-9-8-15(13-28)34-20-7-4-14(12-25-20)33-16(11-24)10-19(30)26-17-5-6-18(29)27-21(17)31/h4,7,10-12,15,17,24H,5-6,8-9,13H2,1-3H3,(H,26,30)(H,27,29,31)/b16-10+,24-11?/t15-,17?/m0/s1. The van der Waals surface area contributed by atoms with Gasteiger partial charge >= 0.3 is 6.09 Å². The lowest BCUT2D eigenvalue weighted by Crippen LogP contribution is -2.52. The van der Waals surface area contributed by atoms with E-state index in [2.05, 4.69) is 15.6 Å². The normalized spacial score (nSPS) is 20.7. The van der Waals surface area contributed by atoms with E-state index in [1.165, 1.54) is 6.20 Å². The second-order valence-corrected chi connectivity index (χ2v) is 9.09. The van der Waals surface area contributed by atoms with Crippen molar-refractivity contribution < 1.29 is 33.4 Å². The maximum absolute atomic E-state index is 12.2. The van der Waals surface area contributed by atoms with Crippen LogP contribution >= 0.6 is 0 Å². The van der Waals surface area contributed by atoms with Crippen molar-refractivity contribution in [1.82, 2.24) is 20.5 Å². The van der Waals surface area contributed by atoms with Crippen molar-refractivity contribution in [2.24, 2.45) is 0 Å². The molecular formula is C23H29N5O7. The molecule has 3 heterocycles. The van der Waals surface area contributed by atoms with Crippen LogP contribution < -0.4 is 20.1 Å². The van der Waals surface area contributed by atoms with Crippen LogP contribution in [0.3, 0.4) is 0 Å². The fourth-order valence-corrected chi connectivity index (χ4v) is 3.39. The molecule has 1 aromatic heterocycles. The van der Waals surface area contributed by atoms with Gasteiger partial charge in [-0.3, -0.25) is 19.7 Å². The number of pyridine rings is 1. The van der Waals surface area contributed by atoms with Crippen molar-refractivity contribution in [2.75, 3.05) is 13.1 Å². The fraction of sp³-hybridized carbons (Fsp3) is 0.478. The quantitative estimate of drug-likeness (QED) is 0.225. The summed E-state index contributed by atoms with van der Waals surface area (Å²) < 4.78 is 16.7. The molecule has 1 aromatic rings. The zero-order chi connectivity index (χ0) is 25.6. The number of allylic oxidation sites excluding steroid dienone is 1. The van der Waals surface area contributed by atoms with E-state index in [-0.39, 0.29) is 42.5 Å². The number of hydrogen-bond acceptors (Lipinski definition) is 9. The van der Waals surface area contributed by atoms with Gasteiger partial charge in [0.1, 0.15) is 29.3 Å². The van der Waals surface area contributed by atoms with E-state index >= 15 is 0 Å². The Morgan fingerprint density at radius 2 is 2.03 bits per heavy atom. The molecule has 12 nitrogen and oxygen atoms in total. The average Bonchev–Trinajstić information content (AvgIpc) is 3.24. The number of ether oxygens (including phenoxy) is 3. The highest BCUT2D eigenvalue weighted by molar-refractivity contribution is 6.03. The first-order valence-electron chi connectivity index (χ1n) is 11.2. The van der Waals surface area contributed by atoms with Gasteiger partial charge in [0.2, 0.25) is 23.6 Å². The van der Waals surface area contributed by atoms with E-state index in [0.717, 1.165) is 12.3 Å². The number of piperidine rings is 1. The van der Waals surface area contributed by atoms with Gasteiger partial charge in [-0.2, -0.15) is 0 Å². The van der Waals surface area contributed by atoms with E-state index < -0.39 is 23.5 Å². The number of carbonyl (C=O) groups excluding carboxylic acids is 4. The molecule has 2 aliphatic heterocycles. The third kappa shape index (κ3) is 7.80. The summed E-state index contributed by atoms with van der Waals surface area (Å²) in [7, 11) is 0. The van der Waals surface area contributed by atoms with Crippen LogP contribution in [0.15, 0.2) is 30.2 Å². The summed E-state index contributed by atoms with van der Waals surface area (Å²) >= 11 is 0. The molecule has 3 rings (SSSR count). The summed E-state index contributed by atoms with van der Waals surface area (Å²) in [4.78, 5) is 53.1. The van der Waals surface area contributed by atoms with Crippen molar-refractivity contribution in [3.63, 3.8) is 0 Å². The molecule has 1 unspecified atom stereocenters. The van der Waals surface area contributed by atoms with Crippen molar-refractivity contribution in [3.05, 3.63) is 30.2 Å². The summed E-state index contributed by atoms with van der Waals surface area (Å²) in [5.74, 6) is -1.06. The van der Waals surface area contributed by atoms with Crippen LogP contribution in [-0.2, 0) is 19.1 Å². The Morgan fingerprint density at radius 3 is 2.66 bits per heavy atom. The first kappa shape index (κ1) is 25.7. The van der Waals surface area contributed by atoms with Crippen LogP contribution in [0, 0.1) is 5.41 Å². The number of amides is 4. The molecule has 2 fully saturated rings. The first-order valence-corrected chi connectivity index (χ1v) is 11.2. The molecule has 0 aliphatic carbocycles. The Labute approximate surface area is 202 Å². The predicted octanol–water partition coefficient (Wildman–Crippen LogP) is 1.30. The van der Waals surface area contributed by atoms with E-state index in [0.29, 0.717) is 25.4 Å². The van der Waals surface area contributed by atoms with Crippen LogP contribution in [0.4, 0.5) is 4.79 Å². The van der Waals surface area contributed by atoms with Crippen LogP contribution in [0.25, 0.3) is 0 Å². The van der Waals surface area contributed by atoms with Gasteiger partial charge in [0.25, 0.3) is 0 Å². The molecule has 0 radical (unpaired) electrons. The highest BCUT2D eigenvalue weighted by Crippen LogP contribution is 2.21. The molecule has 2 aliphatic rings. The minimum Gasteiger partial charge on any atom is -0.472 e. The lowest BCUT2D eigenvalue weighted by atomic mass is 10.1. The van der Waals surface area contributed by atoms with Gasteiger partial charge in [-0.05, 0) is 33.3 Å². The highest BCUT2D eigenvalue weighted by Gasteiger charge is 2.31. The predicted molar refractivity (Wildman–Crippen MR) is 123 cm³/mol. The third-order valence-corrected chi connectivity index (χ3v) is 5.00. The van der Waals surface area contributed by atoms with Crippen molar-refractivity contribution >= 4 is 30.0 Å². The Kier molecular flexibility index (Phi) is 8.05. The number of likely N-dealkylation sites (tertiary alicyclic amines) is 1. The average molecular weight is 488 g/mol. The molecule has 0 spiro atoms. The van der Waals surface area contributed by atoms with E-state index in [1.807, 2.05) is 20.8 Å². The number of rotatable bonds is 7. The minimum atomic E-state index is -0.830. The zero-order valence-corrected chi connectivity index (χ0v) is 19.8. The monoisotopic (exact) mass is 487 g/mol. The summed E-state index contributed by atoms with van der Waals surface area (Å²) in [5.41, 5.74) is -0.567. The Hall–Kier alpha value is -3.96. The van der Waals surface area contributed by atoms with Gasteiger partial charge in [-0.15, -0.1) is 0 Å². The number of nitrogens with one attached hydrogen (secondary N) is 3. The lowest BCUT2D eigenvalue weighted by molar-refractivity contribution is -0.136. The summed E-state index contributed by atoms with van der Waals surface area (Å²) in [5, 5.41) is 12.1. The molecule has 4 amide bonds. The van der Waals surface area contributed by atoms with Crippen molar-refractivity contribution in [1.29, 1.82) is 5.41 Å². The molecule has 2 atom stereocenters. The first-order chi connectivity index (χ1) is 16.5. The van der Waals surface area contributed by atoms with E-state index in [4.69, 9.17) is 19.6 Å². The third-order valence-electron chi connectivity index (χ3n) is 5.00. The van der Waals surface area contributed by atoms with Crippen LogP contribution in [0.1, 0.15) is 40.0 Å². The molecule has 0 aromatic carbocycles. The van der Waals surface area contributed by atoms with Gasteiger partial charge in [-0.1, -0.05) is 0 Å². The molecule has 35 heavy (non-hydrogen) atoms. The smallest absolute Gasteiger partial charge is 0.410 e. The van der Waals surface area contributed by atoms with E-state index in [9.17, 15) is 19.2 Å². The molecule has 3 N–H and O–H groups in total. The zero-order valence-electron chi connectivity index (χ0n) is 19.8. The van der Waals surface area contributed by atoms with Crippen molar-refractivity contribution in [3.8, 4) is 11.6 Å². The molecule has 0 bridgehead atoms. The number of imide groups is 1. The van der Waals surface area contributed by atoms with Gasteiger partial charge in [0.15, 0.2) is 0 Å². The lowest BCUT2D eigenvalue weighted by Gasteiger charge is -2.24. The van der Waals surface area contributed by atoms with E-state index in [1.54, 1.807) is 17.0 Å². The molecule has 2 saturated heterocycles. The second kappa shape index (κ2) is 11.0. The summed E-state index contributed by atoms with van der Waals surface area (Å²) in [6.45, 7) is 6.35. The Morgan fingerprint density at radius 1 is 1.26 bits per heavy atom. The minimum absolute atomic E-state index is 0.0749. The van der Waals surface area contributed by atoms with Crippen LogP contribution in [0.5, 0.6) is 11.6 Å². The Balaban J connectivity index is 1.50. The topological polar surface area (TPSA) is 160 Å². The van der Waals surface area contributed by atoms with Gasteiger partial charge in [0, 0.05) is 31.5 Å². The largest absolute Gasteiger partial charge is 0.472 e. The van der Waals surface area contributed by atoms with Gasteiger partial charge in [0.05, 0.1) is 19.0 Å². The SMILES string of the molecule is CC(C)(C)OC(=O)N1CC[C@H](Oc2ccc(O/C(C=N)=C/C(=O)NC3CCC(=O)NC3=O)cn2)C1. The van der Waals surface area contributed by atoms with Crippen molar-refractivity contribution in [2.45, 2.75) is 57.8 Å². The summed E-state index contributed by atoms with van der Waals surface area (Å²) in [6, 6.07) is 2.32. The molecule has 0 saturated carbocycles. The second-order valence-electron chi connectivity index (χ2n) is 9.09. The Bertz CT molecular complexity index is 1020. The molecular weight excluding hydrogens is 458 g/mol. The highest BCUT2D eigenvalue weighted by atomic mass is 16.6. The molecule has 188 valence electrons. The fourth-order valence-electron chi connectivity index (χ4n) is 3.39. The number of nitrogens with zero attached hydrogens (tertiary/aromatic N) is 2. The van der Waals surface area contributed by atoms with Gasteiger partial charge in [-0.25, -0.2) is 9.78 Å². The number of hydrogen-bond donors (Lipinski definition) is 3. The maximum Gasteiger partial charge on any atom is 0.410 e. The van der Waals surface area contributed by atoms with Crippen LogP contribution in [-0.4, -0.2) is 70.7 Å². The number of aromatic nitrogens is 1. The molecule has 12 heteroatoms. The van der Waals surface area contributed by atoms with Gasteiger partial charge < -0.3 is 29.8 Å². The summed E-state index contributed by atoms with van der Waals surface area (Å²) in [6.07, 6.45) is 3.63. The number of carbonyl (C=O) groups is 4. The van der Waals surface area contributed by atoms with Crippen LogP contribution in [0.2, 0.25) is 0 Å².